The van der Waals surface area contributed by atoms with Crippen molar-refractivity contribution in [1.82, 2.24) is 9.80 Å². The molecule has 0 aromatic heterocycles. The average Bonchev–Trinajstić information content (AvgIpc) is 3.73. The first-order valence-electron chi connectivity index (χ1n) is 15.7. The Balaban J connectivity index is 0.00000225. The van der Waals surface area contributed by atoms with Gasteiger partial charge in [0.05, 0.1) is 0 Å². The summed E-state index contributed by atoms with van der Waals surface area (Å²) in [5.74, 6) is 0. The zero-order valence-corrected chi connectivity index (χ0v) is 32.8. The largest absolute Gasteiger partial charge is 0.510 e. The Morgan fingerprint density at radius 2 is 0.812 bits per heavy atom. The van der Waals surface area contributed by atoms with Crippen LogP contribution in [0.15, 0.2) is 110 Å². The van der Waals surface area contributed by atoms with Gasteiger partial charge in [-0.15, -0.1) is 34.6 Å². The molecule has 0 fully saturated rings. The fourth-order valence-corrected chi connectivity index (χ4v) is 6.70. The van der Waals surface area contributed by atoms with Crippen molar-refractivity contribution in [2.75, 3.05) is 23.9 Å². The summed E-state index contributed by atoms with van der Waals surface area (Å²) < 4.78 is 0. The van der Waals surface area contributed by atoms with E-state index in [1.54, 1.807) is 0 Å². The third-order valence-electron chi connectivity index (χ3n) is 9.33. The van der Waals surface area contributed by atoms with Crippen molar-refractivity contribution in [3.05, 3.63) is 157 Å². The molecule has 0 atom stereocenters. The smallest absolute Gasteiger partial charge is 0 e. The zero-order chi connectivity index (χ0) is 31.9. The van der Waals surface area contributed by atoms with E-state index in [-0.39, 0.29) is 40.2 Å². The second-order valence-electron chi connectivity index (χ2n) is 12.2. The summed E-state index contributed by atoms with van der Waals surface area (Å²) in [6.45, 7) is 13.2. The van der Waals surface area contributed by atoms with Gasteiger partial charge < -0.3 is 19.6 Å². The molecule has 4 nitrogen and oxygen atoms in total. The molecule has 6 heteroatoms. The van der Waals surface area contributed by atoms with Crippen LogP contribution in [0.2, 0.25) is 0 Å². The van der Waals surface area contributed by atoms with Crippen molar-refractivity contribution in [3.63, 3.8) is 0 Å². The maximum Gasteiger partial charge on any atom is 0 e. The van der Waals surface area contributed by atoms with E-state index in [4.69, 9.17) is 0 Å². The first-order chi connectivity index (χ1) is 22.3. The van der Waals surface area contributed by atoms with Crippen molar-refractivity contribution >= 4 is 11.4 Å². The van der Waals surface area contributed by atoms with E-state index in [0.717, 1.165) is 22.5 Å². The molecule has 0 saturated heterocycles. The molecule has 2 aliphatic heterocycles. The molecule has 248 valence electrons. The quantitative estimate of drug-likeness (QED) is 0.157. The molecule has 48 heavy (non-hydrogen) atoms. The Bertz CT molecular complexity index is 1810. The van der Waals surface area contributed by atoms with E-state index in [1.165, 1.54) is 55.6 Å². The van der Waals surface area contributed by atoms with Gasteiger partial charge in [0.2, 0.25) is 0 Å². The number of anilines is 2. The Hall–Kier alpha value is -3.92. The van der Waals surface area contributed by atoms with Crippen molar-refractivity contribution < 1.29 is 40.2 Å². The number of rotatable bonds is 6. The van der Waals surface area contributed by atoms with Crippen molar-refractivity contribution in [3.8, 4) is 44.5 Å². The SMILES string of the molecule is Cc1c(C)c(-c2ccccc2-c2c[c-]c(N3C=CN(C)[CH-]3)cc2)c(C)c(C)c1-c1ccccc1-c1c[c-]c(N2C=CN(C)[CH-]2)cc1.[Ir].[Ir]. The normalized spacial score (nSPS) is 13.6. The number of benzene rings is 5. The number of hydrogen-bond donors (Lipinski definition) is 0. The van der Waals surface area contributed by atoms with Gasteiger partial charge in [-0.05, 0) is 111 Å². The summed E-state index contributed by atoms with van der Waals surface area (Å²) in [6, 6.07) is 37.5. The molecule has 7 rings (SSSR count). The van der Waals surface area contributed by atoms with E-state index >= 15 is 0 Å². The molecule has 5 aromatic carbocycles. The molecule has 0 saturated carbocycles. The van der Waals surface area contributed by atoms with Crippen molar-refractivity contribution in [2.24, 2.45) is 0 Å². The molecule has 2 aliphatic rings. The molecule has 0 aliphatic carbocycles. The predicted molar refractivity (Wildman–Crippen MR) is 192 cm³/mol. The minimum atomic E-state index is 0. The summed E-state index contributed by atoms with van der Waals surface area (Å²) in [5.41, 5.74) is 17.2. The molecule has 0 N–H and O–H groups in total. The van der Waals surface area contributed by atoms with Gasteiger partial charge >= 0.3 is 0 Å². The van der Waals surface area contributed by atoms with Crippen LogP contribution in [-0.4, -0.2) is 23.9 Å². The molecule has 5 aromatic rings. The second-order valence-corrected chi connectivity index (χ2v) is 12.2. The van der Waals surface area contributed by atoms with Gasteiger partial charge in [-0.1, -0.05) is 59.7 Å². The van der Waals surface area contributed by atoms with Crippen molar-refractivity contribution in [2.45, 2.75) is 27.7 Å². The van der Waals surface area contributed by atoms with Crippen LogP contribution in [0.5, 0.6) is 0 Å². The third kappa shape index (κ3) is 6.55. The van der Waals surface area contributed by atoms with Crippen LogP contribution in [0.25, 0.3) is 44.5 Å². The predicted octanol–water partition coefficient (Wildman–Crippen LogP) is 9.87. The van der Waals surface area contributed by atoms with Crippen LogP contribution in [0, 0.1) is 53.2 Å². The monoisotopic (exact) mass is 984 g/mol. The fourth-order valence-electron chi connectivity index (χ4n) is 6.70. The van der Waals surface area contributed by atoms with Gasteiger partial charge in [-0.25, -0.2) is 0 Å². The summed E-state index contributed by atoms with van der Waals surface area (Å²) in [6.07, 6.45) is 8.17. The topological polar surface area (TPSA) is 13.0 Å². The average molecular weight is 983 g/mol. The van der Waals surface area contributed by atoms with Crippen LogP contribution in [0.3, 0.4) is 0 Å². The summed E-state index contributed by atoms with van der Waals surface area (Å²) in [5, 5.41) is 0. The van der Waals surface area contributed by atoms with Crippen LogP contribution < -0.4 is 9.80 Å². The molecule has 2 heterocycles. The van der Waals surface area contributed by atoms with Gasteiger partial charge in [0, 0.05) is 40.2 Å². The summed E-state index contributed by atoms with van der Waals surface area (Å²) in [7, 11) is 4.06. The second kappa shape index (κ2) is 14.7. The maximum absolute atomic E-state index is 3.51. The summed E-state index contributed by atoms with van der Waals surface area (Å²) >= 11 is 0. The van der Waals surface area contributed by atoms with Gasteiger partial charge in [0.25, 0.3) is 0 Å². The van der Waals surface area contributed by atoms with Gasteiger partial charge in [0.15, 0.2) is 0 Å². The van der Waals surface area contributed by atoms with Crippen LogP contribution >= 0.6 is 0 Å². The zero-order valence-electron chi connectivity index (χ0n) is 28.0. The molecule has 0 bridgehead atoms. The first kappa shape index (κ1) is 35.4. The number of nitrogens with zero attached hydrogens (tertiary/aromatic N) is 4. The van der Waals surface area contributed by atoms with Gasteiger partial charge in [0.1, 0.15) is 0 Å². The van der Waals surface area contributed by atoms with E-state index in [0.29, 0.717) is 0 Å². The van der Waals surface area contributed by atoms with Crippen molar-refractivity contribution in [1.29, 1.82) is 0 Å². The molecule has 2 radical (unpaired) electrons. The minimum Gasteiger partial charge on any atom is -0.510 e. The third-order valence-corrected chi connectivity index (χ3v) is 9.33. The van der Waals surface area contributed by atoms with Gasteiger partial charge in [-0.3, -0.25) is 0 Å². The standard InChI is InChI=1S/C42H38N4.2Ir/c1-29-30(2)42(40-14-10-8-12-38(40)34-17-21-36(22-18-34)46-26-24-44(6)28-46)32(4)31(3)41(29)39-13-9-7-11-37(39)33-15-19-35(20-16-33)45-25-23-43(5)27-45;;/h7-19,21,23-28H,1-6H3;;/q-4;;. The van der Waals surface area contributed by atoms with E-state index in [9.17, 15) is 0 Å². The Labute approximate surface area is 313 Å². The molecular weight excluding hydrogens is 945 g/mol. The maximum atomic E-state index is 3.51. The molecule has 0 spiro atoms. The van der Waals surface area contributed by atoms with Crippen LogP contribution in [0.4, 0.5) is 11.4 Å². The summed E-state index contributed by atoms with van der Waals surface area (Å²) in [4.78, 5) is 8.24. The van der Waals surface area contributed by atoms with Gasteiger partial charge in [-0.2, -0.15) is 49.7 Å². The Morgan fingerprint density at radius 3 is 1.10 bits per heavy atom. The van der Waals surface area contributed by atoms with Crippen LogP contribution in [0.1, 0.15) is 22.3 Å². The number of hydrogen-bond acceptors (Lipinski definition) is 4. The van der Waals surface area contributed by atoms with Crippen LogP contribution in [-0.2, 0) is 40.2 Å². The molecule has 0 amide bonds. The van der Waals surface area contributed by atoms with E-state index < -0.39 is 0 Å². The molecule has 0 unspecified atom stereocenters. The minimum absolute atomic E-state index is 0. The van der Waals surface area contributed by atoms with E-state index in [2.05, 4.69) is 160 Å². The Morgan fingerprint density at radius 1 is 0.458 bits per heavy atom. The molecular formula is C42H38Ir2N4-4. The van der Waals surface area contributed by atoms with E-state index in [1.807, 2.05) is 36.3 Å². The Kier molecular flexibility index (Phi) is 10.8. The first-order valence-corrected chi connectivity index (χ1v) is 15.7. The fraction of sp³-hybridized carbons (Fsp3) is 0.143.